The number of rotatable bonds is 9. The van der Waals surface area contributed by atoms with Gasteiger partial charge < -0.3 is 23.7 Å². The van der Waals surface area contributed by atoms with E-state index in [1.807, 2.05) is 0 Å². The monoisotopic (exact) mass is 474 g/mol. The van der Waals surface area contributed by atoms with Gasteiger partial charge in [-0.15, -0.1) is 0 Å². The Labute approximate surface area is 185 Å². The summed E-state index contributed by atoms with van der Waals surface area (Å²) in [6.45, 7) is 0. The van der Waals surface area contributed by atoms with Crippen LogP contribution in [0.5, 0.6) is 28.7 Å². The largest absolute Gasteiger partial charge is 0.496 e. The topological polar surface area (TPSA) is 80.3 Å². The zero-order chi connectivity index (χ0) is 23.9. The first kappa shape index (κ1) is 25.1. The predicted octanol–water partition coefficient (Wildman–Crippen LogP) is 4.11. The van der Waals surface area contributed by atoms with Gasteiger partial charge in [-0.25, -0.2) is 4.79 Å². The van der Waals surface area contributed by atoms with Gasteiger partial charge in [-0.3, -0.25) is 4.21 Å². The van der Waals surface area contributed by atoms with Crippen molar-refractivity contribution in [2.45, 2.75) is 11.9 Å². The molecule has 2 aromatic carbocycles. The van der Waals surface area contributed by atoms with Crippen LogP contribution in [0.15, 0.2) is 35.7 Å². The molecule has 7 nitrogen and oxygen atoms in total. The fourth-order valence-corrected chi connectivity index (χ4v) is 3.49. The van der Waals surface area contributed by atoms with Crippen LogP contribution in [0.25, 0.3) is 6.08 Å². The first-order valence-corrected chi connectivity index (χ1v) is 10.3. The molecule has 1 unspecified atom stereocenters. The summed E-state index contributed by atoms with van der Waals surface area (Å²) in [6, 6.07) is 7.27. The number of alkyl halides is 3. The number of carbonyl (C=O) groups excluding carboxylic acids is 1. The van der Waals surface area contributed by atoms with Crippen LogP contribution in [-0.2, 0) is 21.3 Å². The Hall–Kier alpha value is -3.21. The summed E-state index contributed by atoms with van der Waals surface area (Å²) >= 11 is 0. The molecule has 2 rings (SSSR count). The number of benzene rings is 2. The standard InChI is InChI=1S/C21H21F3O7S/c1-27-14-10-17(29-3)15(18(11-14)30-4)7-8-32(26)12-13-5-6-16(28-2)19(9-13)31-20(25)21(22,23)24/h5-11H,12H2,1-4H3. The average Bonchev–Trinajstić information content (AvgIpc) is 2.76. The van der Waals surface area contributed by atoms with Crippen LogP contribution < -0.4 is 23.7 Å². The number of methoxy groups -OCH3 is 4. The van der Waals surface area contributed by atoms with Crippen LogP contribution in [0.3, 0.4) is 0 Å². The van der Waals surface area contributed by atoms with Crippen molar-refractivity contribution in [1.29, 1.82) is 0 Å². The number of halogens is 3. The maximum atomic E-state index is 12.6. The molecule has 0 aromatic heterocycles. The lowest BCUT2D eigenvalue weighted by Gasteiger charge is -2.13. The Morgan fingerprint density at radius 3 is 2.00 bits per heavy atom. The summed E-state index contributed by atoms with van der Waals surface area (Å²) in [5, 5.41) is 1.39. The molecule has 0 aliphatic rings. The molecule has 0 fully saturated rings. The normalized spacial score (nSPS) is 12.3. The molecule has 0 heterocycles. The molecule has 0 N–H and O–H groups in total. The van der Waals surface area contributed by atoms with E-state index in [9.17, 15) is 22.2 Å². The lowest BCUT2D eigenvalue weighted by molar-refractivity contribution is -0.189. The second-order valence-corrected chi connectivity index (χ2v) is 7.47. The van der Waals surface area contributed by atoms with Crippen molar-refractivity contribution in [3.63, 3.8) is 0 Å². The first-order chi connectivity index (χ1) is 15.1. The third-order valence-electron chi connectivity index (χ3n) is 4.11. The molecule has 0 spiro atoms. The van der Waals surface area contributed by atoms with Crippen molar-refractivity contribution in [2.75, 3.05) is 28.4 Å². The lowest BCUT2D eigenvalue weighted by Crippen LogP contribution is -2.28. The second-order valence-electron chi connectivity index (χ2n) is 6.15. The van der Waals surface area contributed by atoms with Crippen LogP contribution in [0.4, 0.5) is 13.2 Å². The van der Waals surface area contributed by atoms with Crippen molar-refractivity contribution in [2.24, 2.45) is 0 Å². The number of carbonyl (C=O) groups is 1. The van der Waals surface area contributed by atoms with Crippen molar-refractivity contribution in [1.82, 2.24) is 0 Å². The molecular formula is C21H21F3O7S. The molecule has 174 valence electrons. The van der Waals surface area contributed by atoms with E-state index in [-0.39, 0.29) is 11.5 Å². The minimum atomic E-state index is -5.16. The Bertz CT molecular complexity index is 994. The molecule has 32 heavy (non-hydrogen) atoms. The minimum absolute atomic E-state index is 0.0577. The van der Waals surface area contributed by atoms with Crippen molar-refractivity contribution in [3.05, 3.63) is 46.9 Å². The van der Waals surface area contributed by atoms with E-state index in [1.54, 1.807) is 18.2 Å². The van der Waals surface area contributed by atoms with E-state index in [4.69, 9.17) is 18.9 Å². The Kier molecular flexibility index (Phi) is 8.53. The second kappa shape index (κ2) is 10.9. The van der Waals surface area contributed by atoms with Gasteiger partial charge in [0.25, 0.3) is 0 Å². The minimum Gasteiger partial charge on any atom is -0.496 e. The van der Waals surface area contributed by atoms with Gasteiger partial charge in [0.1, 0.15) is 17.2 Å². The summed E-state index contributed by atoms with van der Waals surface area (Å²) < 4.78 is 75.2. The van der Waals surface area contributed by atoms with Gasteiger partial charge in [-0.05, 0) is 23.8 Å². The summed E-state index contributed by atoms with van der Waals surface area (Å²) in [7, 11) is 4.06. The van der Waals surface area contributed by atoms with Gasteiger partial charge in [0, 0.05) is 17.5 Å². The van der Waals surface area contributed by atoms with Crippen LogP contribution in [0, 0.1) is 0 Å². The number of hydrogen-bond donors (Lipinski definition) is 0. The molecule has 0 amide bonds. The highest BCUT2D eigenvalue weighted by atomic mass is 32.2. The van der Waals surface area contributed by atoms with Crippen LogP contribution in [0.1, 0.15) is 11.1 Å². The zero-order valence-corrected chi connectivity index (χ0v) is 18.5. The maximum absolute atomic E-state index is 12.6. The first-order valence-electron chi connectivity index (χ1n) is 8.94. The maximum Gasteiger partial charge on any atom is 0.491 e. The van der Waals surface area contributed by atoms with Crippen LogP contribution in [-0.4, -0.2) is 44.8 Å². The molecular weight excluding hydrogens is 453 g/mol. The fraction of sp³-hybridized carbons (Fsp3) is 0.286. The smallest absolute Gasteiger partial charge is 0.491 e. The molecule has 1 atom stereocenters. The molecule has 11 heteroatoms. The summed E-state index contributed by atoms with van der Waals surface area (Å²) in [5.74, 6) is -1.56. The van der Waals surface area contributed by atoms with E-state index < -0.39 is 28.7 Å². The number of ether oxygens (including phenoxy) is 5. The lowest BCUT2D eigenvalue weighted by atomic mass is 10.1. The zero-order valence-electron chi connectivity index (χ0n) is 17.6. The van der Waals surface area contributed by atoms with Crippen LogP contribution in [0.2, 0.25) is 0 Å². The Balaban J connectivity index is 2.24. The predicted molar refractivity (Wildman–Crippen MR) is 112 cm³/mol. The number of hydrogen-bond acceptors (Lipinski definition) is 7. The van der Waals surface area contributed by atoms with Crippen molar-refractivity contribution < 1.29 is 45.9 Å². The van der Waals surface area contributed by atoms with Gasteiger partial charge in [0.05, 0.1) is 50.6 Å². The average molecular weight is 474 g/mol. The quantitative estimate of drug-likeness (QED) is 0.400. The van der Waals surface area contributed by atoms with E-state index in [0.717, 1.165) is 0 Å². The SMILES string of the molecule is COc1cc(OC)c(C=CS(=O)Cc2ccc(OC)c(OC(=O)C(F)(F)F)c2)c(OC)c1. The molecule has 0 saturated heterocycles. The Morgan fingerprint density at radius 1 is 0.906 bits per heavy atom. The van der Waals surface area contributed by atoms with Gasteiger partial charge in [0.2, 0.25) is 0 Å². The van der Waals surface area contributed by atoms with Gasteiger partial charge in [-0.1, -0.05) is 6.07 Å². The molecule has 2 aromatic rings. The van der Waals surface area contributed by atoms with Gasteiger partial charge >= 0.3 is 12.1 Å². The van der Waals surface area contributed by atoms with E-state index in [0.29, 0.717) is 28.4 Å². The van der Waals surface area contributed by atoms with E-state index in [2.05, 4.69) is 4.74 Å². The highest BCUT2D eigenvalue weighted by molar-refractivity contribution is 7.87. The highest BCUT2D eigenvalue weighted by Gasteiger charge is 2.41. The van der Waals surface area contributed by atoms with Gasteiger partial charge in [0.15, 0.2) is 11.5 Å². The third-order valence-corrected chi connectivity index (χ3v) is 5.17. The third kappa shape index (κ3) is 6.39. The van der Waals surface area contributed by atoms with Crippen molar-refractivity contribution in [3.8, 4) is 28.7 Å². The van der Waals surface area contributed by atoms with Crippen LogP contribution >= 0.6 is 0 Å². The van der Waals surface area contributed by atoms with Crippen molar-refractivity contribution >= 4 is 22.8 Å². The van der Waals surface area contributed by atoms with E-state index >= 15 is 0 Å². The fourth-order valence-electron chi connectivity index (χ4n) is 2.60. The number of esters is 1. The molecule has 0 aliphatic heterocycles. The summed E-state index contributed by atoms with van der Waals surface area (Å²) in [5.41, 5.74) is 0.895. The van der Waals surface area contributed by atoms with Gasteiger partial charge in [-0.2, -0.15) is 13.2 Å². The summed E-state index contributed by atoms with van der Waals surface area (Å²) in [6.07, 6.45) is -3.62. The Morgan fingerprint density at radius 2 is 1.50 bits per heavy atom. The highest BCUT2D eigenvalue weighted by Crippen LogP contribution is 2.35. The molecule has 0 radical (unpaired) electrons. The molecule has 0 aliphatic carbocycles. The molecule has 0 saturated carbocycles. The van der Waals surface area contributed by atoms with E-state index in [1.165, 1.54) is 52.0 Å². The summed E-state index contributed by atoms with van der Waals surface area (Å²) in [4.78, 5) is 11.2. The molecule has 0 bridgehead atoms.